The summed E-state index contributed by atoms with van der Waals surface area (Å²) in [4.78, 5) is 12.3. The molecular formula is C15H22BrClN2O3. The second-order valence-electron chi connectivity index (χ2n) is 5.61. The Morgan fingerprint density at radius 1 is 1.55 bits per heavy atom. The Bertz CT molecular complexity index is 490. The van der Waals surface area contributed by atoms with Crippen molar-refractivity contribution in [3.63, 3.8) is 0 Å². The molecular weight excluding hydrogens is 372 g/mol. The quantitative estimate of drug-likeness (QED) is 0.709. The molecule has 0 aromatic heterocycles. The molecule has 0 spiro atoms. The molecule has 1 fully saturated rings. The lowest BCUT2D eigenvalue weighted by Gasteiger charge is -2.26. The summed E-state index contributed by atoms with van der Waals surface area (Å²) in [6.45, 7) is 3.07. The van der Waals surface area contributed by atoms with Gasteiger partial charge in [0, 0.05) is 23.5 Å². The van der Waals surface area contributed by atoms with Crippen molar-refractivity contribution in [1.29, 1.82) is 0 Å². The standard InChI is InChI=1S/C15H21BrN2O3.ClH/c1-15(17,11-2-4-12(16)5-3-11)14(20)18-8-13(19)10-6-7-21-9-10;/h2-5,10,13,19H,6-9,17H2,1H3,(H,18,20);1H. The summed E-state index contributed by atoms with van der Waals surface area (Å²) in [5, 5.41) is 12.8. The van der Waals surface area contributed by atoms with Gasteiger partial charge in [-0.25, -0.2) is 0 Å². The van der Waals surface area contributed by atoms with Gasteiger partial charge in [-0.05, 0) is 31.0 Å². The zero-order chi connectivity index (χ0) is 15.5. The monoisotopic (exact) mass is 392 g/mol. The normalized spacial score (nSPS) is 21.5. The van der Waals surface area contributed by atoms with Crippen molar-refractivity contribution < 1.29 is 14.6 Å². The lowest BCUT2D eigenvalue weighted by molar-refractivity contribution is -0.126. The average molecular weight is 394 g/mol. The van der Waals surface area contributed by atoms with Gasteiger partial charge in [-0.3, -0.25) is 4.79 Å². The number of nitrogens with two attached hydrogens (primary N) is 1. The van der Waals surface area contributed by atoms with Crippen molar-refractivity contribution in [1.82, 2.24) is 5.32 Å². The maximum atomic E-state index is 12.3. The number of aliphatic hydroxyl groups is 1. The third-order valence-corrected chi connectivity index (χ3v) is 4.43. The molecule has 124 valence electrons. The number of carbonyl (C=O) groups excluding carboxylic acids is 1. The first-order valence-corrected chi connectivity index (χ1v) is 7.79. The summed E-state index contributed by atoms with van der Waals surface area (Å²) in [5.74, 6) is -0.218. The van der Waals surface area contributed by atoms with Crippen LogP contribution in [-0.2, 0) is 15.1 Å². The molecule has 5 nitrogen and oxygen atoms in total. The Kier molecular flexibility index (Phi) is 7.28. The number of carbonyl (C=O) groups is 1. The van der Waals surface area contributed by atoms with Crippen molar-refractivity contribution in [2.45, 2.75) is 25.0 Å². The summed E-state index contributed by atoms with van der Waals surface area (Å²) in [5.41, 5.74) is 5.73. The Morgan fingerprint density at radius 2 is 2.18 bits per heavy atom. The average Bonchev–Trinajstić information content (AvgIpc) is 2.99. The fraction of sp³-hybridized carbons (Fsp3) is 0.533. The number of aliphatic hydroxyl groups excluding tert-OH is 1. The fourth-order valence-electron chi connectivity index (χ4n) is 2.33. The second-order valence-corrected chi connectivity index (χ2v) is 6.53. The summed E-state index contributed by atoms with van der Waals surface area (Å²) in [7, 11) is 0. The third-order valence-electron chi connectivity index (χ3n) is 3.90. The van der Waals surface area contributed by atoms with Crippen LogP contribution in [0.4, 0.5) is 0 Å². The van der Waals surface area contributed by atoms with Crippen molar-refractivity contribution in [3.05, 3.63) is 34.3 Å². The smallest absolute Gasteiger partial charge is 0.244 e. The first-order chi connectivity index (χ1) is 9.91. The molecule has 3 unspecified atom stereocenters. The Labute approximate surface area is 145 Å². The van der Waals surface area contributed by atoms with E-state index in [9.17, 15) is 9.90 Å². The van der Waals surface area contributed by atoms with Crippen LogP contribution in [0.15, 0.2) is 28.7 Å². The van der Waals surface area contributed by atoms with Gasteiger partial charge in [0.05, 0.1) is 12.7 Å². The SMILES string of the molecule is CC(N)(C(=O)NCC(O)C1CCOC1)c1ccc(Br)cc1.Cl. The van der Waals surface area contributed by atoms with Gasteiger partial charge >= 0.3 is 0 Å². The zero-order valence-electron chi connectivity index (χ0n) is 12.4. The highest BCUT2D eigenvalue weighted by atomic mass is 79.9. The van der Waals surface area contributed by atoms with Gasteiger partial charge in [-0.15, -0.1) is 12.4 Å². The number of benzene rings is 1. The van der Waals surface area contributed by atoms with Gasteiger partial charge in [-0.2, -0.15) is 0 Å². The van der Waals surface area contributed by atoms with Crippen LogP contribution in [0.25, 0.3) is 0 Å². The number of hydrogen-bond donors (Lipinski definition) is 3. The van der Waals surface area contributed by atoms with E-state index in [0.29, 0.717) is 13.2 Å². The molecule has 7 heteroatoms. The summed E-state index contributed by atoms with van der Waals surface area (Å²) < 4.78 is 6.16. The van der Waals surface area contributed by atoms with Crippen molar-refractivity contribution in [2.75, 3.05) is 19.8 Å². The molecule has 1 aliphatic rings. The Balaban J connectivity index is 0.00000242. The molecule has 0 aliphatic carbocycles. The van der Waals surface area contributed by atoms with Crippen LogP contribution < -0.4 is 11.1 Å². The van der Waals surface area contributed by atoms with Crippen LogP contribution in [0.5, 0.6) is 0 Å². The molecule has 3 atom stereocenters. The van der Waals surface area contributed by atoms with E-state index in [1.54, 1.807) is 6.92 Å². The minimum atomic E-state index is -1.13. The highest BCUT2D eigenvalue weighted by Gasteiger charge is 2.32. The molecule has 4 N–H and O–H groups in total. The van der Waals surface area contributed by atoms with Crippen molar-refractivity contribution >= 4 is 34.2 Å². The maximum absolute atomic E-state index is 12.3. The number of rotatable bonds is 5. The van der Waals surface area contributed by atoms with E-state index < -0.39 is 11.6 Å². The molecule has 22 heavy (non-hydrogen) atoms. The van der Waals surface area contributed by atoms with Crippen molar-refractivity contribution in [3.8, 4) is 0 Å². The van der Waals surface area contributed by atoms with E-state index in [-0.39, 0.29) is 30.8 Å². The van der Waals surface area contributed by atoms with Gasteiger partial charge in [0.15, 0.2) is 0 Å². The lowest BCUT2D eigenvalue weighted by Crippen LogP contribution is -2.51. The molecule has 0 radical (unpaired) electrons. The molecule has 2 rings (SSSR count). The maximum Gasteiger partial charge on any atom is 0.244 e. The van der Waals surface area contributed by atoms with Crippen LogP contribution in [-0.4, -0.2) is 36.9 Å². The number of halogens is 2. The van der Waals surface area contributed by atoms with Crippen molar-refractivity contribution in [2.24, 2.45) is 11.7 Å². The van der Waals surface area contributed by atoms with E-state index in [1.807, 2.05) is 24.3 Å². The van der Waals surface area contributed by atoms with Gasteiger partial charge in [0.1, 0.15) is 5.54 Å². The Hall–Kier alpha value is -0.660. The van der Waals surface area contributed by atoms with Crippen LogP contribution in [0.1, 0.15) is 18.9 Å². The van der Waals surface area contributed by atoms with E-state index in [4.69, 9.17) is 10.5 Å². The van der Waals surface area contributed by atoms with Gasteiger partial charge < -0.3 is 20.9 Å². The molecule has 0 bridgehead atoms. The van der Waals surface area contributed by atoms with Crippen LogP contribution >= 0.6 is 28.3 Å². The molecule has 1 aliphatic heterocycles. The highest BCUT2D eigenvalue weighted by molar-refractivity contribution is 9.10. The molecule has 1 aromatic carbocycles. The third kappa shape index (κ3) is 4.67. The topological polar surface area (TPSA) is 84.6 Å². The number of amides is 1. The van der Waals surface area contributed by atoms with Crippen LogP contribution in [0, 0.1) is 5.92 Å². The predicted octanol–water partition coefficient (Wildman–Crippen LogP) is 1.56. The number of ether oxygens (including phenoxy) is 1. The molecule has 1 heterocycles. The molecule has 0 saturated carbocycles. The predicted molar refractivity (Wildman–Crippen MR) is 90.9 cm³/mol. The number of nitrogens with one attached hydrogen (secondary N) is 1. The number of hydrogen-bond acceptors (Lipinski definition) is 4. The van der Waals surface area contributed by atoms with E-state index >= 15 is 0 Å². The lowest BCUT2D eigenvalue weighted by atomic mass is 9.92. The van der Waals surface area contributed by atoms with E-state index in [1.165, 1.54) is 0 Å². The zero-order valence-corrected chi connectivity index (χ0v) is 14.8. The van der Waals surface area contributed by atoms with Gasteiger partial charge in [0.25, 0.3) is 0 Å². The van der Waals surface area contributed by atoms with E-state index in [0.717, 1.165) is 16.5 Å². The minimum Gasteiger partial charge on any atom is -0.391 e. The van der Waals surface area contributed by atoms with Gasteiger partial charge in [0.2, 0.25) is 5.91 Å². The molecule has 1 saturated heterocycles. The van der Waals surface area contributed by atoms with E-state index in [2.05, 4.69) is 21.2 Å². The largest absolute Gasteiger partial charge is 0.391 e. The summed E-state index contributed by atoms with van der Waals surface area (Å²) >= 11 is 3.35. The first-order valence-electron chi connectivity index (χ1n) is 7.00. The first kappa shape index (κ1) is 19.4. The van der Waals surface area contributed by atoms with Crippen LogP contribution in [0.3, 0.4) is 0 Å². The fourth-order valence-corrected chi connectivity index (χ4v) is 2.60. The molecule has 1 amide bonds. The van der Waals surface area contributed by atoms with Gasteiger partial charge in [-0.1, -0.05) is 28.1 Å². The minimum absolute atomic E-state index is 0. The summed E-state index contributed by atoms with van der Waals surface area (Å²) in [6.07, 6.45) is 0.223. The van der Waals surface area contributed by atoms with Crippen LogP contribution in [0.2, 0.25) is 0 Å². The highest BCUT2D eigenvalue weighted by Crippen LogP contribution is 2.21. The summed E-state index contributed by atoms with van der Waals surface area (Å²) in [6, 6.07) is 7.31. The second kappa shape index (κ2) is 8.26. The molecule has 1 aromatic rings. The Morgan fingerprint density at radius 3 is 2.73 bits per heavy atom.